The molecule has 0 bridgehead atoms. The molecule has 0 N–H and O–H groups in total. The maximum Gasteiger partial charge on any atom is 0.0368 e. The molecule has 0 aromatic heterocycles. The van der Waals surface area contributed by atoms with Gasteiger partial charge in [0.05, 0.1) is 0 Å². The summed E-state index contributed by atoms with van der Waals surface area (Å²) < 4.78 is 0. The summed E-state index contributed by atoms with van der Waals surface area (Å²) in [5, 5.41) is 0. The number of rotatable bonds is 3. The molecule has 2 heterocycles. The van der Waals surface area contributed by atoms with Crippen LogP contribution in [0.2, 0.25) is 0 Å². The molecule has 3 rings (SSSR count). The molecule has 2 heteroatoms. The Bertz CT molecular complexity index is 397. The van der Waals surface area contributed by atoms with Gasteiger partial charge in [0.25, 0.3) is 0 Å². The monoisotopic (exact) mass is 272 g/mol. The first-order chi connectivity index (χ1) is 9.83. The molecule has 2 aliphatic heterocycles. The number of anilines is 1. The molecule has 2 atom stereocenters. The number of benzene rings is 1. The van der Waals surface area contributed by atoms with Crippen molar-refractivity contribution in [2.75, 3.05) is 31.1 Å². The van der Waals surface area contributed by atoms with Crippen molar-refractivity contribution in [1.29, 1.82) is 0 Å². The van der Waals surface area contributed by atoms with E-state index in [-0.39, 0.29) is 0 Å². The van der Waals surface area contributed by atoms with Crippen LogP contribution in [0.25, 0.3) is 0 Å². The molecule has 0 saturated carbocycles. The molecule has 2 unspecified atom stereocenters. The van der Waals surface area contributed by atoms with Gasteiger partial charge in [-0.15, -0.1) is 0 Å². The van der Waals surface area contributed by atoms with Crippen LogP contribution < -0.4 is 4.90 Å². The van der Waals surface area contributed by atoms with E-state index in [1.807, 2.05) is 0 Å². The fourth-order valence-corrected chi connectivity index (χ4v) is 3.95. The third-order valence-corrected chi connectivity index (χ3v) is 5.04. The van der Waals surface area contributed by atoms with E-state index < -0.39 is 0 Å². The standard InChI is InChI=1S/C18H28N2/c1-16-14-17(15-19-11-6-3-7-12-19)10-13-20(16)18-8-4-2-5-9-18/h2,4-5,8-9,16-17H,3,6-7,10-15H2,1H3. The Labute approximate surface area is 123 Å². The molecule has 2 aliphatic rings. The fourth-order valence-electron chi connectivity index (χ4n) is 3.95. The van der Waals surface area contributed by atoms with Crippen molar-refractivity contribution in [2.45, 2.75) is 45.1 Å². The molecule has 0 radical (unpaired) electrons. The first kappa shape index (κ1) is 13.9. The Morgan fingerprint density at radius 1 is 1.00 bits per heavy atom. The predicted molar refractivity (Wildman–Crippen MR) is 86.3 cm³/mol. The Morgan fingerprint density at radius 2 is 1.75 bits per heavy atom. The van der Waals surface area contributed by atoms with Crippen molar-refractivity contribution in [2.24, 2.45) is 5.92 Å². The second-order valence-corrected chi connectivity index (χ2v) is 6.63. The fraction of sp³-hybridized carbons (Fsp3) is 0.667. The van der Waals surface area contributed by atoms with Gasteiger partial charge in [0.1, 0.15) is 0 Å². The summed E-state index contributed by atoms with van der Waals surface area (Å²) in [6.45, 7) is 7.65. The minimum Gasteiger partial charge on any atom is -0.369 e. The third-order valence-electron chi connectivity index (χ3n) is 5.04. The van der Waals surface area contributed by atoms with Crippen molar-refractivity contribution in [3.63, 3.8) is 0 Å². The number of hydrogen-bond acceptors (Lipinski definition) is 2. The lowest BCUT2D eigenvalue weighted by Gasteiger charge is -2.41. The lowest BCUT2D eigenvalue weighted by molar-refractivity contribution is 0.174. The molecule has 2 nitrogen and oxygen atoms in total. The quantitative estimate of drug-likeness (QED) is 0.826. The zero-order valence-electron chi connectivity index (χ0n) is 12.8. The van der Waals surface area contributed by atoms with Gasteiger partial charge in [-0.25, -0.2) is 0 Å². The molecule has 0 aliphatic carbocycles. The van der Waals surface area contributed by atoms with Gasteiger partial charge < -0.3 is 9.80 Å². The van der Waals surface area contributed by atoms with Crippen molar-refractivity contribution < 1.29 is 0 Å². The number of hydrogen-bond donors (Lipinski definition) is 0. The molecular formula is C18H28N2. The Morgan fingerprint density at radius 3 is 2.45 bits per heavy atom. The van der Waals surface area contributed by atoms with Crippen LogP contribution in [0.1, 0.15) is 39.0 Å². The molecular weight excluding hydrogens is 244 g/mol. The summed E-state index contributed by atoms with van der Waals surface area (Å²) in [7, 11) is 0. The first-order valence-corrected chi connectivity index (χ1v) is 8.37. The van der Waals surface area contributed by atoms with E-state index >= 15 is 0 Å². The van der Waals surface area contributed by atoms with Crippen LogP contribution in [0.15, 0.2) is 30.3 Å². The average Bonchev–Trinajstić information content (AvgIpc) is 2.49. The highest BCUT2D eigenvalue weighted by atomic mass is 15.2. The molecule has 2 fully saturated rings. The predicted octanol–water partition coefficient (Wildman–Crippen LogP) is 3.78. The summed E-state index contributed by atoms with van der Waals surface area (Å²) in [6, 6.07) is 11.6. The van der Waals surface area contributed by atoms with Crippen molar-refractivity contribution in [3.8, 4) is 0 Å². The van der Waals surface area contributed by atoms with Crippen molar-refractivity contribution in [3.05, 3.63) is 30.3 Å². The summed E-state index contributed by atoms with van der Waals surface area (Å²) >= 11 is 0. The molecule has 110 valence electrons. The topological polar surface area (TPSA) is 6.48 Å². The maximum atomic E-state index is 2.71. The Kier molecular flexibility index (Phi) is 4.62. The minimum absolute atomic E-state index is 0.681. The lowest BCUT2D eigenvalue weighted by atomic mass is 9.90. The molecule has 0 amide bonds. The molecule has 0 spiro atoms. The smallest absolute Gasteiger partial charge is 0.0368 e. The van der Waals surface area contributed by atoms with Crippen LogP contribution in [0.3, 0.4) is 0 Å². The summed E-state index contributed by atoms with van der Waals surface area (Å²) in [5.74, 6) is 0.906. The third kappa shape index (κ3) is 3.35. The SMILES string of the molecule is CC1CC(CN2CCCCC2)CCN1c1ccccc1. The van der Waals surface area contributed by atoms with Crippen LogP contribution in [-0.2, 0) is 0 Å². The molecule has 20 heavy (non-hydrogen) atoms. The maximum absolute atomic E-state index is 2.71. The Balaban J connectivity index is 1.54. The summed E-state index contributed by atoms with van der Waals surface area (Å²) in [6.07, 6.45) is 6.98. The van der Waals surface area contributed by atoms with E-state index in [0.717, 1.165) is 5.92 Å². The van der Waals surface area contributed by atoms with Crippen LogP contribution >= 0.6 is 0 Å². The summed E-state index contributed by atoms with van der Waals surface area (Å²) in [5.41, 5.74) is 1.40. The van der Waals surface area contributed by atoms with E-state index in [1.54, 1.807) is 0 Å². The zero-order chi connectivity index (χ0) is 13.8. The highest BCUT2D eigenvalue weighted by Gasteiger charge is 2.27. The molecule has 1 aromatic rings. The lowest BCUT2D eigenvalue weighted by Crippen LogP contribution is -2.44. The van der Waals surface area contributed by atoms with Crippen LogP contribution in [0.5, 0.6) is 0 Å². The minimum atomic E-state index is 0.681. The van der Waals surface area contributed by atoms with Crippen molar-refractivity contribution in [1.82, 2.24) is 4.90 Å². The average molecular weight is 272 g/mol. The zero-order valence-corrected chi connectivity index (χ0v) is 12.8. The number of nitrogens with zero attached hydrogens (tertiary/aromatic N) is 2. The van der Waals surface area contributed by atoms with E-state index in [0.29, 0.717) is 6.04 Å². The number of piperidine rings is 2. The highest BCUT2D eigenvalue weighted by molar-refractivity contribution is 5.47. The van der Waals surface area contributed by atoms with Gasteiger partial charge in [-0.2, -0.15) is 0 Å². The second-order valence-electron chi connectivity index (χ2n) is 6.63. The van der Waals surface area contributed by atoms with Gasteiger partial charge in [0.2, 0.25) is 0 Å². The van der Waals surface area contributed by atoms with E-state index in [4.69, 9.17) is 0 Å². The van der Waals surface area contributed by atoms with Gasteiger partial charge in [-0.05, 0) is 63.7 Å². The normalized spacial score (nSPS) is 28.6. The van der Waals surface area contributed by atoms with E-state index in [2.05, 4.69) is 47.1 Å². The van der Waals surface area contributed by atoms with Crippen molar-refractivity contribution >= 4 is 5.69 Å². The first-order valence-electron chi connectivity index (χ1n) is 8.37. The highest BCUT2D eigenvalue weighted by Crippen LogP contribution is 2.28. The van der Waals surface area contributed by atoms with Crippen LogP contribution in [0, 0.1) is 5.92 Å². The van der Waals surface area contributed by atoms with Crippen LogP contribution in [-0.4, -0.2) is 37.1 Å². The van der Waals surface area contributed by atoms with E-state index in [1.165, 1.54) is 64.0 Å². The summed E-state index contributed by atoms with van der Waals surface area (Å²) in [4.78, 5) is 5.30. The second kappa shape index (κ2) is 6.62. The van der Waals surface area contributed by atoms with Gasteiger partial charge in [0.15, 0.2) is 0 Å². The van der Waals surface area contributed by atoms with Gasteiger partial charge in [0, 0.05) is 24.8 Å². The van der Waals surface area contributed by atoms with E-state index in [9.17, 15) is 0 Å². The van der Waals surface area contributed by atoms with Crippen LogP contribution in [0.4, 0.5) is 5.69 Å². The molecule has 1 aromatic carbocycles. The number of para-hydroxylation sites is 1. The van der Waals surface area contributed by atoms with Gasteiger partial charge >= 0.3 is 0 Å². The Hall–Kier alpha value is -1.02. The van der Waals surface area contributed by atoms with Gasteiger partial charge in [-0.1, -0.05) is 24.6 Å². The van der Waals surface area contributed by atoms with Gasteiger partial charge in [-0.3, -0.25) is 0 Å². The number of likely N-dealkylation sites (tertiary alicyclic amines) is 1. The largest absolute Gasteiger partial charge is 0.369 e. The molecule has 2 saturated heterocycles.